The van der Waals surface area contributed by atoms with E-state index in [2.05, 4.69) is 20.6 Å². The van der Waals surface area contributed by atoms with Gasteiger partial charge in [-0.05, 0) is 55.5 Å². The van der Waals surface area contributed by atoms with Crippen molar-refractivity contribution in [2.24, 2.45) is 5.41 Å². The molecule has 0 saturated heterocycles. The number of nitrogens with one attached hydrogen (secondary N) is 2. The number of aromatic nitrogens is 2. The van der Waals surface area contributed by atoms with Crippen molar-refractivity contribution >= 4 is 11.7 Å². The van der Waals surface area contributed by atoms with E-state index < -0.39 is 0 Å². The normalized spacial score (nSPS) is 11.2. The number of aryl methyl sites for hydroxylation is 1. The van der Waals surface area contributed by atoms with Crippen molar-refractivity contribution in [1.82, 2.24) is 15.3 Å². The van der Waals surface area contributed by atoms with Crippen LogP contribution in [0.1, 0.15) is 32.4 Å². The van der Waals surface area contributed by atoms with Gasteiger partial charge in [-0.2, -0.15) is 0 Å². The van der Waals surface area contributed by atoms with Crippen molar-refractivity contribution in [3.63, 3.8) is 0 Å². The van der Waals surface area contributed by atoms with Crippen LogP contribution in [0.2, 0.25) is 0 Å². The number of carbonyl (C=O) groups is 1. The SMILES string of the molecule is Cc1ccnc(-c2ccc(NC(=O)NCCCC(C)(C)CO)cc2)n1. The molecule has 0 bridgehead atoms. The van der Waals surface area contributed by atoms with Crippen LogP contribution in [-0.2, 0) is 0 Å². The molecule has 1 aromatic carbocycles. The quantitative estimate of drug-likeness (QED) is 0.673. The number of hydrogen-bond donors (Lipinski definition) is 3. The summed E-state index contributed by atoms with van der Waals surface area (Å²) in [5.41, 5.74) is 2.42. The maximum absolute atomic E-state index is 11.9. The molecule has 6 nitrogen and oxygen atoms in total. The van der Waals surface area contributed by atoms with E-state index in [1.54, 1.807) is 6.20 Å². The number of hydrogen-bond acceptors (Lipinski definition) is 4. The van der Waals surface area contributed by atoms with E-state index in [-0.39, 0.29) is 18.1 Å². The first-order valence-corrected chi connectivity index (χ1v) is 8.45. The molecule has 3 N–H and O–H groups in total. The molecule has 0 radical (unpaired) electrons. The Morgan fingerprint density at radius 2 is 1.92 bits per heavy atom. The van der Waals surface area contributed by atoms with Crippen molar-refractivity contribution < 1.29 is 9.90 Å². The molecule has 0 fully saturated rings. The van der Waals surface area contributed by atoms with Crippen LogP contribution in [0.4, 0.5) is 10.5 Å². The standard InChI is InChI=1S/C19H26N4O2/c1-14-9-12-20-17(22-14)15-5-7-16(8-6-15)23-18(25)21-11-4-10-19(2,3)13-24/h5-9,12,24H,4,10-11,13H2,1-3H3,(H2,21,23,25). The van der Waals surface area contributed by atoms with Gasteiger partial charge in [-0.1, -0.05) is 13.8 Å². The highest BCUT2D eigenvalue weighted by Crippen LogP contribution is 2.20. The fourth-order valence-electron chi connectivity index (χ4n) is 2.31. The van der Waals surface area contributed by atoms with Crippen LogP contribution in [0.25, 0.3) is 11.4 Å². The highest BCUT2D eigenvalue weighted by molar-refractivity contribution is 5.89. The second-order valence-corrected chi connectivity index (χ2v) is 6.91. The van der Waals surface area contributed by atoms with Gasteiger partial charge >= 0.3 is 6.03 Å². The van der Waals surface area contributed by atoms with E-state index in [9.17, 15) is 9.90 Å². The molecule has 2 aromatic rings. The number of carbonyl (C=O) groups excluding carboxylic acids is 1. The Labute approximate surface area is 148 Å². The van der Waals surface area contributed by atoms with Crippen molar-refractivity contribution in [3.8, 4) is 11.4 Å². The van der Waals surface area contributed by atoms with Gasteiger partial charge in [0.25, 0.3) is 0 Å². The van der Waals surface area contributed by atoms with Gasteiger partial charge in [-0.3, -0.25) is 0 Å². The molecule has 0 aliphatic rings. The minimum atomic E-state index is -0.235. The Bertz CT molecular complexity index is 699. The Balaban J connectivity index is 1.81. The van der Waals surface area contributed by atoms with Crippen molar-refractivity contribution in [1.29, 1.82) is 0 Å². The van der Waals surface area contributed by atoms with Gasteiger partial charge in [0.05, 0.1) is 0 Å². The summed E-state index contributed by atoms with van der Waals surface area (Å²) in [6.45, 7) is 6.66. The minimum Gasteiger partial charge on any atom is -0.396 e. The summed E-state index contributed by atoms with van der Waals surface area (Å²) in [4.78, 5) is 20.5. The second kappa shape index (κ2) is 8.58. The van der Waals surface area contributed by atoms with E-state index in [0.29, 0.717) is 18.1 Å². The number of nitrogens with zero attached hydrogens (tertiary/aromatic N) is 2. The lowest BCUT2D eigenvalue weighted by molar-refractivity contribution is 0.148. The van der Waals surface area contributed by atoms with E-state index >= 15 is 0 Å². The molecule has 2 rings (SSSR count). The number of aliphatic hydroxyl groups excluding tert-OH is 1. The maximum Gasteiger partial charge on any atom is 0.319 e. The first-order valence-electron chi connectivity index (χ1n) is 8.45. The summed E-state index contributed by atoms with van der Waals surface area (Å²) in [6, 6.07) is 9.04. The molecular formula is C19H26N4O2. The van der Waals surface area contributed by atoms with Crippen LogP contribution < -0.4 is 10.6 Å². The molecule has 2 amide bonds. The summed E-state index contributed by atoms with van der Waals surface area (Å²) in [6.07, 6.45) is 3.41. The zero-order valence-electron chi connectivity index (χ0n) is 15.0. The third-order valence-electron chi connectivity index (χ3n) is 3.94. The Hall–Kier alpha value is -2.47. The predicted molar refractivity (Wildman–Crippen MR) is 99.3 cm³/mol. The zero-order valence-corrected chi connectivity index (χ0v) is 15.0. The Morgan fingerprint density at radius 1 is 1.20 bits per heavy atom. The molecule has 0 spiro atoms. The number of rotatable bonds is 7. The van der Waals surface area contributed by atoms with Gasteiger partial charge in [-0.25, -0.2) is 14.8 Å². The Kier molecular flexibility index (Phi) is 6.47. The molecule has 1 heterocycles. The number of benzene rings is 1. The number of amides is 2. The van der Waals surface area contributed by atoms with E-state index in [1.165, 1.54) is 0 Å². The summed E-state index contributed by atoms with van der Waals surface area (Å²) >= 11 is 0. The van der Waals surface area contributed by atoms with Crippen LogP contribution in [0.5, 0.6) is 0 Å². The monoisotopic (exact) mass is 342 g/mol. The van der Waals surface area contributed by atoms with Crippen LogP contribution >= 0.6 is 0 Å². The number of urea groups is 1. The molecule has 0 unspecified atom stereocenters. The van der Waals surface area contributed by atoms with Gasteiger partial charge < -0.3 is 15.7 Å². The molecule has 134 valence electrons. The lowest BCUT2D eigenvalue weighted by atomic mass is 9.89. The van der Waals surface area contributed by atoms with Crippen molar-refractivity contribution in [3.05, 3.63) is 42.2 Å². The van der Waals surface area contributed by atoms with Crippen LogP contribution in [0, 0.1) is 12.3 Å². The molecule has 0 saturated carbocycles. The lowest BCUT2D eigenvalue weighted by Crippen LogP contribution is -2.30. The summed E-state index contributed by atoms with van der Waals surface area (Å²) in [5, 5.41) is 14.8. The van der Waals surface area contributed by atoms with E-state index in [4.69, 9.17) is 0 Å². The van der Waals surface area contributed by atoms with E-state index in [0.717, 1.165) is 24.1 Å². The molecular weight excluding hydrogens is 316 g/mol. The topological polar surface area (TPSA) is 87.1 Å². The third kappa shape index (κ3) is 6.15. The largest absolute Gasteiger partial charge is 0.396 e. The van der Waals surface area contributed by atoms with Crippen LogP contribution in [0.15, 0.2) is 36.5 Å². The first kappa shape index (κ1) is 18.9. The highest BCUT2D eigenvalue weighted by Gasteiger charge is 2.15. The Morgan fingerprint density at radius 3 is 2.56 bits per heavy atom. The minimum absolute atomic E-state index is 0.105. The van der Waals surface area contributed by atoms with Gasteiger partial charge in [0.2, 0.25) is 0 Å². The van der Waals surface area contributed by atoms with E-state index in [1.807, 2.05) is 51.1 Å². The molecule has 0 atom stereocenters. The highest BCUT2D eigenvalue weighted by atomic mass is 16.3. The molecule has 0 aliphatic heterocycles. The number of anilines is 1. The first-order chi connectivity index (χ1) is 11.9. The smallest absolute Gasteiger partial charge is 0.319 e. The van der Waals surface area contributed by atoms with Crippen molar-refractivity contribution in [2.45, 2.75) is 33.6 Å². The van der Waals surface area contributed by atoms with Gasteiger partial charge in [0.15, 0.2) is 5.82 Å². The van der Waals surface area contributed by atoms with Gasteiger partial charge in [0, 0.05) is 36.3 Å². The summed E-state index contributed by atoms with van der Waals surface area (Å²) in [7, 11) is 0. The fourth-order valence-corrected chi connectivity index (χ4v) is 2.31. The van der Waals surface area contributed by atoms with Gasteiger partial charge in [-0.15, -0.1) is 0 Å². The van der Waals surface area contributed by atoms with Crippen molar-refractivity contribution in [2.75, 3.05) is 18.5 Å². The molecule has 0 aliphatic carbocycles. The fraction of sp³-hybridized carbons (Fsp3) is 0.421. The molecule has 25 heavy (non-hydrogen) atoms. The second-order valence-electron chi connectivity index (χ2n) is 6.91. The molecule has 1 aromatic heterocycles. The maximum atomic E-state index is 11.9. The molecule has 6 heteroatoms. The number of aliphatic hydroxyl groups is 1. The van der Waals surface area contributed by atoms with Gasteiger partial charge in [0.1, 0.15) is 0 Å². The zero-order chi connectivity index (χ0) is 18.3. The van der Waals surface area contributed by atoms with Crippen LogP contribution in [-0.4, -0.2) is 34.3 Å². The average molecular weight is 342 g/mol. The average Bonchev–Trinajstić information content (AvgIpc) is 2.59. The summed E-state index contributed by atoms with van der Waals surface area (Å²) < 4.78 is 0. The predicted octanol–water partition coefficient (Wildman–Crippen LogP) is 3.37. The van der Waals surface area contributed by atoms with Crippen LogP contribution in [0.3, 0.4) is 0 Å². The summed E-state index contributed by atoms with van der Waals surface area (Å²) in [5.74, 6) is 0.669. The third-order valence-corrected chi connectivity index (χ3v) is 3.94. The lowest BCUT2D eigenvalue weighted by Gasteiger charge is -2.21.